The molecule has 2 rings (SSSR count). The van der Waals surface area contributed by atoms with Crippen LogP contribution >= 0.6 is 35.7 Å². The predicted octanol–water partition coefficient (Wildman–Crippen LogP) is 2.49. The first-order valence-electron chi connectivity index (χ1n) is 10.1. The van der Waals surface area contributed by atoms with Crippen LogP contribution in [-0.4, -0.2) is 75.3 Å². The number of nitrogens with one attached hydrogen (secondary N) is 2. The molecule has 170 valence electrons. The highest BCUT2D eigenvalue weighted by Gasteiger charge is 2.13. The number of halogens is 1. The molecule has 0 unspecified atom stereocenters. The highest BCUT2D eigenvalue weighted by atomic mass is 127. The minimum absolute atomic E-state index is 0. The van der Waals surface area contributed by atoms with Crippen LogP contribution in [0.3, 0.4) is 0 Å². The smallest absolute Gasteiger partial charge is 0.241 e. The Morgan fingerprint density at radius 2 is 1.87 bits per heavy atom. The molecule has 1 aromatic carbocycles. The lowest BCUT2D eigenvalue weighted by atomic mass is 10.1. The molecule has 1 fully saturated rings. The number of carbonyl (C=O) groups is 1. The molecule has 0 aliphatic carbocycles. The van der Waals surface area contributed by atoms with Gasteiger partial charge in [-0.25, -0.2) is 4.99 Å². The normalized spacial score (nSPS) is 14.7. The summed E-state index contributed by atoms with van der Waals surface area (Å²) < 4.78 is 11.3. The number of nitrogens with zero attached hydrogens (tertiary/aromatic N) is 2. The average Bonchev–Trinajstić information content (AvgIpc) is 2.75. The number of amides is 1. The number of rotatable bonds is 10. The third-order valence-electron chi connectivity index (χ3n) is 4.60. The molecule has 0 aromatic heterocycles. The van der Waals surface area contributed by atoms with Crippen molar-refractivity contribution in [1.29, 1.82) is 0 Å². The van der Waals surface area contributed by atoms with E-state index in [9.17, 15) is 4.79 Å². The summed E-state index contributed by atoms with van der Waals surface area (Å²) in [5, 5.41) is 6.38. The first kappa shape index (κ1) is 27.0. The molecular formula is C21H35IN4O3S. The number of hydrogen-bond acceptors (Lipinski definition) is 5. The van der Waals surface area contributed by atoms with Crippen LogP contribution in [0.1, 0.15) is 24.0 Å². The fraction of sp³-hybridized carbons (Fsp3) is 0.619. The van der Waals surface area contributed by atoms with Crippen LogP contribution in [0, 0.1) is 0 Å². The van der Waals surface area contributed by atoms with Crippen molar-refractivity contribution in [2.24, 2.45) is 4.99 Å². The van der Waals surface area contributed by atoms with Crippen molar-refractivity contribution < 1.29 is 14.3 Å². The van der Waals surface area contributed by atoms with Gasteiger partial charge in [0.05, 0.1) is 25.8 Å². The Balaban J connectivity index is 0.00000450. The van der Waals surface area contributed by atoms with Gasteiger partial charge in [0.25, 0.3) is 0 Å². The predicted molar refractivity (Wildman–Crippen MR) is 135 cm³/mol. The molecule has 7 nitrogen and oxygen atoms in total. The lowest BCUT2D eigenvalue weighted by molar-refractivity contribution is -0.127. The van der Waals surface area contributed by atoms with Crippen LogP contribution in [-0.2, 0) is 27.4 Å². The molecule has 1 aromatic rings. The SMILES string of the molecule is CSCCNC(=NCc1ccc(COC2CCOCC2)cc1)NCC(=O)N(C)C.I. The summed E-state index contributed by atoms with van der Waals surface area (Å²) in [5.41, 5.74) is 2.28. The van der Waals surface area contributed by atoms with Gasteiger partial charge in [-0.3, -0.25) is 4.79 Å². The lowest BCUT2D eigenvalue weighted by Gasteiger charge is -2.22. The van der Waals surface area contributed by atoms with Gasteiger partial charge in [-0.2, -0.15) is 11.8 Å². The standard InChI is InChI=1S/C21H34N4O3S.HI/c1-25(2)20(26)15-24-21(22-10-13-29-3)23-14-17-4-6-18(7-5-17)16-28-19-8-11-27-12-9-19;/h4-7,19H,8-16H2,1-3H3,(H2,22,23,24);1H. The van der Waals surface area contributed by atoms with E-state index in [1.165, 1.54) is 0 Å². The molecule has 1 aliphatic rings. The first-order valence-corrected chi connectivity index (χ1v) is 11.5. The molecule has 1 aliphatic heterocycles. The van der Waals surface area contributed by atoms with Crippen molar-refractivity contribution in [3.63, 3.8) is 0 Å². The van der Waals surface area contributed by atoms with Gasteiger partial charge in [-0.05, 0) is 30.2 Å². The van der Waals surface area contributed by atoms with E-state index in [0.29, 0.717) is 25.2 Å². The van der Waals surface area contributed by atoms with Crippen molar-refractivity contribution >= 4 is 47.6 Å². The monoisotopic (exact) mass is 550 g/mol. The molecule has 1 heterocycles. The molecule has 2 N–H and O–H groups in total. The summed E-state index contributed by atoms with van der Waals surface area (Å²) >= 11 is 1.76. The van der Waals surface area contributed by atoms with Gasteiger partial charge in [0, 0.05) is 39.6 Å². The van der Waals surface area contributed by atoms with Crippen LogP contribution in [0.2, 0.25) is 0 Å². The van der Waals surface area contributed by atoms with Crippen molar-refractivity contribution in [2.45, 2.75) is 32.1 Å². The molecule has 30 heavy (non-hydrogen) atoms. The molecular weight excluding hydrogens is 515 g/mol. The zero-order chi connectivity index (χ0) is 20.9. The van der Waals surface area contributed by atoms with Crippen LogP contribution in [0.5, 0.6) is 0 Å². The van der Waals surface area contributed by atoms with Gasteiger partial charge in [0.2, 0.25) is 5.91 Å². The van der Waals surface area contributed by atoms with Gasteiger partial charge in [-0.15, -0.1) is 24.0 Å². The van der Waals surface area contributed by atoms with E-state index in [0.717, 1.165) is 49.5 Å². The van der Waals surface area contributed by atoms with Crippen LogP contribution in [0.15, 0.2) is 29.3 Å². The Labute approximate surface area is 201 Å². The molecule has 0 saturated carbocycles. The summed E-state index contributed by atoms with van der Waals surface area (Å²) in [6.07, 6.45) is 4.32. The minimum atomic E-state index is 0. The van der Waals surface area contributed by atoms with E-state index in [1.807, 2.05) is 0 Å². The van der Waals surface area contributed by atoms with E-state index in [4.69, 9.17) is 9.47 Å². The molecule has 0 bridgehead atoms. The number of benzene rings is 1. The largest absolute Gasteiger partial charge is 0.381 e. The van der Waals surface area contributed by atoms with Gasteiger partial charge in [0.15, 0.2) is 5.96 Å². The number of carbonyl (C=O) groups excluding carboxylic acids is 1. The minimum Gasteiger partial charge on any atom is -0.381 e. The highest BCUT2D eigenvalue weighted by Crippen LogP contribution is 2.14. The molecule has 0 spiro atoms. The second kappa shape index (κ2) is 15.7. The zero-order valence-corrected chi connectivity index (χ0v) is 21.3. The van der Waals surface area contributed by atoms with E-state index in [2.05, 4.69) is 46.1 Å². The van der Waals surface area contributed by atoms with Gasteiger partial charge >= 0.3 is 0 Å². The quantitative estimate of drug-likeness (QED) is 0.202. The van der Waals surface area contributed by atoms with Gasteiger partial charge < -0.3 is 25.0 Å². The number of aliphatic imine (C=N–C) groups is 1. The first-order chi connectivity index (χ1) is 14.1. The maximum Gasteiger partial charge on any atom is 0.241 e. The van der Waals surface area contributed by atoms with E-state index >= 15 is 0 Å². The van der Waals surface area contributed by atoms with Crippen molar-refractivity contribution in [3.8, 4) is 0 Å². The number of ether oxygens (including phenoxy) is 2. The highest BCUT2D eigenvalue weighted by molar-refractivity contribution is 14.0. The summed E-state index contributed by atoms with van der Waals surface area (Å²) in [4.78, 5) is 18.0. The van der Waals surface area contributed by atoms with Gasteiger partial charge in [-0.1, -0.05) is 24.3 Å². The number of guanidine groups is 1. The van der Waals surface area contributed by atoms with E-state index in [-0.39, 0.29) is 36.4 Å². The Morgan fingerprint density at radius 1 is 1.20 bits per heavy atom. The van der Waals surface area contributed by atoms with Gasteiger partial charge in [0.1, 0.15) is 0 Å². The van der Waals surface area contributed by atoms with Crippen molar-refractivity contribution in [1.82, 2.24) is 15.5 Å². The van der Waals surface area contributed by atoms with Crippen LogP contribution < -0.4 is 10.6 Å². The summed E-state index contributed by atoms with van der Waals surface area (Å²) in [7, 11) is 3.49. The second-order valence-corrected chi connectivity index (χ2v) is 8.15. The third-order valence-corrected chi connectivity index (χ3v) is 5.21. The summed E-state index contributed by atoms with van der Waals surface area (Å²) in [6, 6.07) is 8.34. The maximum atomic E-state index is 11.8. The average molecular weight is 551 g/mol. The summed E-state index contributed by atoms with van der Waals surface area (Å²) in [6.45, 7) is 3.79. The van der Waals surface area contributed by atoms with Crippen molar-refractivity contribution in [2.75, 3.05) is 52.4 Å². The van der Waals surface area contributed by atoms with E-state index in [1.54, 1.807) is 30.8 Å². The van der Waals surface area contributed by atoms with Crippen LogP contribution in [0.4, 0.5) is 0 Å². The maximum absolute atomic E-state index is 11.8. The third kappa shape index (κ3) is 10.8. The van der Waals surface area contributed by atoms with Crippen molar-refractivity contribution in [3.05, 3.63) is 35.4 Å². The fourth-order valence-corrected chi connectivity index (χ4v) is 3.04. The lowest BCUT2D eigenvalue weighted by Crippen LogP contribution is -2.43. The zero-order valence-electron chi connectivity index (χ0n) is 18.2. The number of hydrogen-bond donors (Lipinski definition) is 2. The fourth-order valence-electron chi connectivity index (χ4n) is 2.73. The summed E-state index contributed by atoms with van der Waals surface area (Å²) in [5.74, 6) is 1.64. The number of thioether (sulfide) groups is 1. The molecule has 0 radical (unpaired) electrons. The molecule has 1 amide bonds. The Kier molecular flexibility index (Phi) is 14.1. The second-order valence-electron chi connectivity index (χ2n) is 7.17. The Hall–Kier alpha value is -1.04. The molecule has 9 heteroatoms. The van der Waals surface area contributed by atoms with E-state index < -0.39 is 0 Å². The number of likely N-dealkylation sites (N-methyl/N-ethyl adjacent to an activating group) is 1. The Bertz CT molecular complexity index is 638. The Morgan fingerprint density at radius 3 is 2.50 bits per heavy atom. The topological polar surface area (TPSA) is 75.2 Å². The molecule has 0 atom stereocenters. The molecule has 1 saturated heterocycles. The van der Waals surface area contributed by atoms with Crippen LogP contribution in [0.25, 0.3) is 0 Å².